The van der Waals surface area contributed by atoms with E-state index in [0.717, 1.165) is 0 Å². The average Bonchev–Trinajstić information content (AvgIpc) is 2.60. The Bertz CT molecular complexity index is 1190. The molecule has 0 aliphatic carbocycles. The molecule has 11 nitrogen and oxygen atoms in total. The largest absolute Gasteiger partial charge is 0.324 e. The first-order valence-corrected chi connectivity index (χ1v) is 11.2. The summed E-state index contributed by atoms with van der Waals surface area (Å²) in [6, 6.07) is 11.4. The fourth-order valence-electron chi connectivity index (χ4n) is 2.22. The van der Waals surface area contributed by atoms with Gasteiger partial charge in [-0.05, 0) is 48.0 Å². The zero-order valence-electron chi connectivity index (χ0n) is 14.4. The van der Waals surface area contributed by atoms with Gasteiger partial charge in [0.1, 0.15) is 0 Å². The van der Waals surface area contributed by atoms with E-state index in [9.17, 15) is 16.8 Å². The van der Waals surface area contributed by atoms with Crippen molar-refractivity contribution in [3.63, 3.8) is 0 Å². The van der Waals surface area contributed by atoms with Crippen molar-refractivity contribution in [1.29, 1.82) is 0 Å². The minimum Gasteiger partial charge on any atom is -0.324 e. The Morgan fingerprint density at radius 2 is 1.14 bits per heavy atom. The third kappa shape index (κ3) is 5.58. The summed E-state index contributed by atoms with van der Waals surface area (Å²) >= 11 is 5.92. The van der Waals surface area contributed by atoms with E-state index >= 15 is 0 Å². The number of anilines is 4. The summed E-state index contributed by atoms with van der Waals surface area (Å²) in [7, 11) is -7.76. The number of nitrogens with one attached hydrogen (secondary N) is 2. The third-order valence-electron chi connectivity index (χ3n) is 3.45. The molecule has 0 amide bonds. The first kappa shape index (κ1) is 20.9. The Labute approximate surface area is 171 Å². The highest BCUT2D eigenvalue weighted by Crippen LogP contribution is 2.21. The lowest BCUT2D eigenvalue weighted by atomic mass is 10.3. The fraction of sp³-hybridized carbons (Fsp3) is 0. The van der Waals surface area contributed by atoms with Crippen molar-refractivity contribution < 1.29 is 16.8 Å². The average molecular weight is 456 g/mol. The Morgan fingerprint density at radius 1 is 0.724 bits per heavy atom. The molecule has 3 aromatic rings. The van der Waals surface area contributed by atoms with Gasteiger partial charge < -0.3 is 10.6 Å². The monoisotopic (exact) mass is 455 g/mol. The summed E-state index contributed by atoms with van der Waals surface area (Å²) in [5, 5.41) is 15.7. The molecule has 0 aliphatic heterocycles. The third-order valence-corrected chi connectivity index (χ3v) is 5.44. The normalized spacial score (nSPS) is 11.8. The lowest BCUT2D eigenvalue weighted by Gasteiger charge is -2.10. The van der Waals surface area contributed by atoms with Gasteiger partial charge in [-0.2, -0.15) is 15.0 Å². The number of sulfonamides is 2. The summed E-state index contributed by atoms with van der Waals surface area (Å²) in [4.78, 5) is 11.8. The van der Waals surface area contributed by atoms with Crippen LogP contribution >= 0.6 is 11.6 Å². The lowest BCUT2D eigenvalue weighted by Crippen LogP contribution is -2.12. The van der Waals surface area contributed by atoms with Crippen molar-refractivity contribution in [2.45, 2.75) is 9.79 Å². The molecule has 0 spiro atoms. The molecule has 2 aromatic carbocycles. The lowest BCUT2D eigenvalue weighted by molar-refractivity contribution is 0.596. The Hall–Kier alpha value is -2.84. The van der Waals surface area contributed by atoms with Crippen molar-refractivity contribution in [2.24, 2.45) is 10.3 Å². The fourth-order valence-corrected chi connectivity index (χ4v) is 3.50. The highest BCUT2D eigenvalue weighted by molar-refractivity contribution is 7.89. The van der Waals surface area contributed by atoms with Crippen LogP contribution in [0.15, 0.2) is 58.3 Å². The van der Waals surface area contributed by atoms with Gasteiger partial charge >= 0.3 is 0 Å². The van der Waals surface area contributed by atoms with E-state index in [4.69, 9.17) is 21.9 Å². The zero-order valence-corrected chi connectivity index (χ0v) is 16.8. The molecule has 0 aliphatic rings. The van der Waals surface area contributed by atoms with Gasteiger partial charge in [0.05, 0.1) is 9.79 Å². The van der Waals surface area contributed by atoms with Gasteiger partial charge in [0.15, 0.2) is 0 Å². The number of primary sulfonamides is 2. The molecule has 29 heavy (non-hydrogen) atoms. The minimum atomic E-state index is -3.88. The second-order valence-corrected chi connectivity index (χ2v) is 9.11. The second-order valence-electron chi connectivity index (χ2n) is 5.65. The quantitative estimate of drug-likeness (QED) is 0.425. The topological polar surface area (TPSA) is 183 Å². The predicted molar refractivity (Wildman–Crippen MR) is 107 cm³/mol. The van der Waals surface area contributed by atoms with E-state index in [0.29, 0.717) is 11.4 Å². The highest BCUT2D eigenvalue weighted by Gasteiger charge is 2.12. The predicted octanol–water partition coefficient (Wildman–Crippen LogP) is 1.31. The minimum absolute atomic E-state index is 0.0154. The van der Waals surface area contributed by atoms with Crippen LogP contribution in [0.5, 0.6) is 0 Å². The van der Waals surface area contributed by atoms with Gasteiger partial charge in [-0.25, -0.2) is 27.1 Å². The van der Waals surface area contributed by atoms with Crippen LogP contribution in [0.3, 0.4) is 0 Å². The number of halogens is 1. The van der Waals surface area contributed by atoms with Gasteiger partial charge in [0.2, 0.25) is 37.2 Å². The zero-order chi connectivity index (χ0) is 21.2. The van der Waals surface area contributed by atoms with E-state index in [1.54, 1.807) is 12.1 Å². The first-order valence-electron chi connectivity index (χ1n) is 7.72. The Balaban J connectivity index is 1.88. The number of nitrogens with zero attached hydrogens (tertiary/aromatic N) is 3. The van der Waals surface area contributed by atoms with Gasteiger partial charge in [0.25, 0.3) is 0 Å². The molecule has 0 atom stereocenters. The van der Waals surface area contributed by atoms with Crippen molar-refractivity contribution in [3.05, 3.63) is 53.8 Å². The van der Waals surface area contributed by atoms with Gasteiger partial charge in [0, 0.05) is 11.4 Å². The maximum Gasteiger partial charge on any atom is 0.238 e. The molecular formula is C15H14ClN7O4S2. The molecule has 0 unspecified atom stereocenters. The van der Waals surface area contributed by atoms with Crippen molar-refractivity contribution >= 4 is 54.9 Å². The SMILES string of the molecule is NS(=O)(=O)c1cccc(Nc2nc(Cl)nc(Nc3cccc(S(N)(=O)=O)c3)n2)c1. The smallest absolute Gasteiger partial charge is 0.238 e. The summed E-state index contributed by atoms with van der Waals surface area (Å²) in [5.41, 5.74) is 0.696. The number of nitrogens with two attached hydrogens (primary N) is 2. The van der Waals surface area contributed by atoms with Crippen LogP contribution in [-0.4, -0.2) is 31.8 Å². The van der Waals surface area contributed by atoms with E-state index in [1.807, 2.05) is 0 Å². The van der Waals surface area contributed by atoms with E-state index in [1.165, 1.54) is 36.4 Å². The Morgan fingerprint density at radius 3 is 1.52 bits per heavy atom. The number of hydrogen-bond acceptors (Lipinski definition) is 9. The van der Waals surface area contributed by atoms with Gasteiger partial charge in [-0.3, -0.25) is 0 Å². The van der Waals surface area contributed by atoms with E-state index in [2.05, 4.69) is 25.6 Å². The van der Waals surface area contributed by atoms with Gasteiger partial charge in [-0.15, -0.1) is 0 Å². The van der Waals surface area contributed by atoms with Gasteiger partial charge in [-0.1, -0.05) is 12.1 Å². The number of benzene rings is 2. The molecule has 152 valence electrons. The summed E-state index contributed by atoms with van der Waals surface area (Å²) in [5.74, 6) is 0.0309. The number of hydrogen-bond donors (Lipinski definition) is 4. The molecule has 0 saturated heterocycles. The van der Waals surface area contributed by atoms with Crippen LogP contribution in [0.1, 0.15) is 0 Å². The van der Waals surface area contributed by atoms with Crippen LogP contribution < -0.4 is 20.9 Å². The summed E-state index contributed by atoms with van der Waals surface area (Å²) in [6.45, 7) is 0. The molecule has 0 bridgehead atoms. The molecule has 3 rings (SSSR count). The Kier molecular flexibility index (Phi) is 5.68. The second kappa shape index (κ2) is 7.88. The summed E-state index contributed by atoms with van der Waals surface area (Å²) in [6.07, 6.45) is 0. The van der Waals surface area contributed by atoms with Crippen LogP contribution in [0.25, 0.3) is 0 Å². The number of rotatable bonds is 6. The van der Waals surface area contributed by atoms with Crippen LogP contribution in [-0.2, 0) is 20.0 Å². The molecular weight excluding hydrogens is 442 g/mol. The number of aromatic nitrogens is 3. The molecule has 14 heteroatoms. The highest BCUT2D eigenvalue weighted by atomic mass is 35.5. The standard InChI is InChI=1S/C15H14ClN7O4S2/c16-13-21-14(19-9-3-1-5-11(7-9)28(17,24)25)23-15(22-13)20-10-4-2-6-12(8-10)29(18,26)27/h1-8H,(H2,17,24,25)(H2,18,26,27)(H2,19,20,21,22,23). The van der Waals surface area contributed by atoms with Crippen molar-refractivity contribution in [2.75, 3.05) is 10.6 Å². The first-order chi connectivity index (χ1) is 13.5. The molecule has 1 aromatic heterocycles. The van der Waals surface area contributed by atoms with E-state index < -0.39 is 20.0 Å². The van der Waals surface area contributed by atoms with Crippen molar-refractivity contribution in [1.82, 2.24) is 15.0 Å². The maximum atomic E-state index is 11.5. The van der Waals surface area contributed by atoms with Crippen LogP contribution in [0.2, 0.25) is 5.28 Å². The molecule has 1 heterocycles. The van der Waals surface area contributed by atoms with E-state index in [-0.39, 0.29) is 27.0 Å². The maximum absolute atomic E-state index is 11.5. The molecule has 0 radical (unpaired) electrons. The van der Waals surface area contributed by atoms with Crippen LogP contribution in [0, 0.1) is 0 Å². The van der Waals surface area contributed by atoms with Crippen molar-refractivity contribution in [3.8, 4) is 0 Å². The summed E-state index contributed by atoms with van der Waals surface area (Å²) < 4.78 is 45.9. The van der Waals surface area contributed by atoms with Crippen LogP contribution in [0.4, 0.5) is 23.3 Å². The molecule has 0 fully saturated rings. The molecule has 0 saturated carbocycles. The molecule has 6 N–H and O–H groups in total.